The van der Waals surface area contributed by atoms with Crippen LogP contribution in [0.25, 0.3) is 0 Å². The zero-order valence-electron chi connectivity index (χ0n) is 10.9. The molecular weight excluding hydrogens is 236 g/mol. The molecule has 0 atom stereocenters. The standard InChI is InChI=1S/C12H24N2O2S/c1-3-16-12(15)14-8-5-11(6-9-14)13-7-4-10-17-2/h11,13H,3-10H2,1-2H3. The van der Waals surface area contributed by atoms with Gasteiger partial charge in [0.2, 0.25) is 0 Å². The highest BCUT2D eigenvalue weighted by Gasteiger charge is 2.22. The Balaban J connectivity index is 2.11. The summed E-state index contributed by atoms with van der Waals surface area (Å²) in [7, 11) is 0. The minimum absolute atomic E-state index is 0.159. The van der Waals surface area contributed by atoms with E-state index in [4.69, 9.17) is 4.74 Å². The van der Waals surface area contributed by atoms with Crippen molar-refractivity contribution in [1.82, 2.24) is 10.2 Å². The molecule has 0 bridgehead atoms. The quantitative estimate of drug-likeness (QED) is 0.741. The second-order valence-electron chi connectivity index (χ2n) is 4.26. The van der Waals surface area contributed by atoms with E-state index < -0.39 is 0 Å². The zero-order valence-corrected chi connectivity index (χ0v) is 11.7. The molecule has 100 valence electrons. The van der Waals surface area contributed by atoms with Crippen LogP contribution in [0.2, 0.25) is 0 Å². The van der Waals surface area contributed by atoms with Crippen molar-refractivity contribution < 1.29 is 9.53 Å². The number of thioether (sulfide) groups is 1. The fourth-order valence-electron chi connectivity index (χ4n) is 2.00. The number of likely N-dealkylation sites (tertiary alicyclic amines) is 1. The lowest BCUT2D eigenvalue weighted by Crippen LogP contribution is -2.45. The van der Waals surface area contributed by atoms with Gasteiger partial charge in [0.15, 0.2) is 0 Å². The van der Waals surface area contributed by atoms with Gasteiger partial charge in [0.25, 0.3) is 0 Å². The molecule has 0 aromatic rings. The van der Waals surface area contributed by atoms with Gasteiger partial charge in [-0.25, -0.2) is 4.79 Å². The molecule has 0 spiro atoms. The van der Waals surface area contributed by atoms with Crippen molar-refractivity contribution in [3.63, 3.8) is 0 Å². The van der Waals surface area contributed by atoms with Gasteiger partial charge >= 0.3 is 6.09 Å². The van der Waals surface area contributed by atoms with Crippen LogP contribution in [0, 0.1) is 0 Å². The van der Waals surface area contributed by atoms with Gasteiger partial charge in [0.05, 0.1) is 6.61 Å². The first kappa shape index (κ1) is 14.6. The van der Waals surface area contributed by atoms with E-state index in [-0.39, 0.29) is 6.09 Å². The van der Waals surface area contributed by atoms with Gasteiger partial charge in [-0.1, -0.05) is 0 Å². The van der Waals surface area contributed by atoms with E-state index in [0.29, 0.717) is 12.6 Å². The molecule has 1 N–H and O–H groups in total. The zero-order chi connectivity index (χ0) is 12.5. The summed E-state index contributed by atoms with van der Waals surface area (Å²) < 4.78 is 4.99. The first-order chi connectivity index (χ1) is 8.27. The molecule has 1 amide bonds. The fraction of sp³-hybridized carbons (Fsp3) is 0.917. The Bertz CT molecular complexity index is 219. The lowest BCUT2D eigenvalue weighted by Gasteiger charge is -2.31. The van der Waals surface area contributed by atoms with Crippen LogP contribution in [0.15, 0.2) is 0 Å². The Kier molecular flexibility index (Phi) is 7.44. The summed E-state index contributed by atoms with van der Waals surface area (Å²) >= 11 is 1.89. The third-order valence-corrected chi connectivity index (χ3v) is 3.68. The van der Waals surface area contributed by atoms with Crippen molar-refractivity contribution >= 4 is 17.9 Å². The molecule has 0 radical (unpaired) electrons. The Morgan fingerprint density at radius 2 is 2.18 bits per heavy atom. The van der Waals surface area contributed by atoms with E-state index in [1.165, 1.54) is 12.2 Å². The highest BCUT2D eigenvalue weighted by atomic mass is 32.2. The number of piperidine rings is 1. The summed E-state index contributed by atoms with van der Waals surface area (Å²) in [6, 6.07) is 0.572. The number of rotatable bonds is 6. The summed E-state index contributed by atoms with van der Waals surface area (Å²) in [4.78, 5) is 13.3. The van der Waals surface area contributed by atoms with E-state index in [9.17, 15) is 4.79 Å². The minimum atomic E-state index is -0.159. The van der Waals surface area contributed by atoms with Crippen LogP contribution in [0.4, 0.5) is 4.79 Å². The largest absolute Gasteiger partial charge is 0.450 e. The summed E-state index contributed by atoms with van der Waals surface area (Å²) in [6.45, 7) is 5.03. The van der Waals surface area contributed by atoms with Crippen molar-refractivity contribution in [2.24, 2.45) is 0 Å². The fourth-order valence-corrected chi connectivity index (χ4v) is 2.44. The third-order valence-electron chi connectivity index (χ3n) is 2.98. The number of carbonyl (C=O) groups is 1. The van der Waals surface area contributed by atoms with E-state index in [1.54, 1.807) is 0 Å². The van der Waals surface area contributed by atoms with Gasteiger partial charge in [0, 0.05) is 19.1 Å². The molecule has 0 aromatic heterocycles. The summed E-state index contributed by atoms with van der Waals surface area (Å²) in [5.74, 6) is 1.22. The maximum absolute atomic E-state index is 11.5. The van der Waals surface area contributed by atoms with E-state index in [0.717, 1.165) is 32.5 Å². The summed E-state index contributed by atoms with van der Waals surface area (Å²) in [5.41, 5.74) is 0. The van der Waals surface area contributed by atoms with Crippen LogP contribution in [-0.4, -0.2) is 55.3 Å². The highest BCUT2D eigenvalue weighted by Crippen LogP contribution is 2.11. The number of hydrogen-bond acceptors (Lipinski definition) is 4. The van der Waals surface area contributed by atoms with Crippen molar-refractivity contribution in [3.8, 4) is 0 Å². The maximum Gasteiger partial charge on any atom is 0.409 e. The van der Waals surface area contributed by atoms with E-state index in [1.807, 2.05) is 23.6 Å². The maximum atomic E-state index is 11.5. The van der Waals surface area contributed by atoms with Gasteiger partial charge in [-0.15, -0.1) is 0 Å². The number of nitrogens with one attached hydrogen (secondary N) is 1. The first-order valence-electron chi connectivity index (χ1n) is 6.42. The summed E-state index contributed by atoms with van der Waals surface area (Å²) in [6.07, 6.45) is 5.28. The molecule has 1 fully saturated rings. The van der Waals surface area contributed by atoms with Crippen LogP contribution >= 0.6 is 11.8 Å². The number of carbonyl (C=O) groups excluding carboxylic acids is 1. The molecule has 1 aliphatic rings. The normalized spacial score (nSPS) is 17.2. The lowest BCUT2D eigenvalue weighted by molar-refractivity contribution is 0.0951. The Labute approximate surface area is 108 Å². The minimum Gasteiger partial charge on any atom is -0.450 e. The molecule has 4 nitrogen and oxygen atoms in total. The summed E-state index contributed by atoms with van der Waals surface area (Å²) in [5, 5.41) is 3.56. The Hall–Kier alpha value is -0.420. The molecule has 0 saturated carbocycles. The van der Waals surface area contributed by atoms with Gasteiger partial charge in [-0.05, 0) is 44.7 Å². The predicted octanol–water partition coefficient (Wildman–Crippen LogP) is 1.95. The van der Waals surface area contributed by atoms with Gasteiger partial charge in [-0.3, -0.25) is 0 Å². The van der Waals surface area contributed by atoms with Crippen LogP contribution in [-0.2, 0) is 4.74 Å². The van der Waals surface area contributed by atoms with Crippen molar-refractivity contribution in [1.29, 1.82) is 0 Å². The molecule has 1 saturated heterocycles. The second kappa shape index (κ2) is 8.64. The number of nitrogens with zero attached hydrogens (tertiary/aromatic N) is 1. The molecule has 1 rings (SSSR count). The molecule has 1 aliphatic heterocycles. The van der Waals surface area contributed by atoms with Crippen LogP contribution in [0.3, 0.4) is 0 Å². The molecule has 0 aromatic carbocycles. The average molecular weight is 260 g/mol. The predicted molar refractivity (Wildman–Crippen MR) is 72.6 cm³/mol. The van der Waals surface area contributed by atoms with E-state index in [2.05, 4.69) is 11.6 Å². The van der Waals surface area contributed by atoms with Crippen molar-refractivity contribution in [2.45, 2.75) is 32.2 Å². The molecule has 17 heavy (non-hydrogen) atoms. The SMILES string of the molecule is CCOC(=O)N1CCC(NCCCSC)CC1. The number of amides is 1. The van der Waals surface area contributed by atoms with Crippen LogP contribution < -0.4 is 5.32 Å². The Morgan fingerprint density at radius 1 is 1.47 bits per heavy atom. The second-order valence-corrected chi connectivity index (χ2v) is 5.25. The number of hydrogen-bond donors (Lipinski definition) is 1. The molecule has 5 heteroatoms. The highest BCUT2D eigenvalue weighted by molar-refractivity contribution is 7.98. The average Bonchev–Trinajstić information content (AvgIpc) is 2.36. The monoisotopic (exact) mass is 260 g/mol. The smallest absolute Gasteiger partial charge is 0.409 e. The Morgan fingerprint density at radius 3 is 2.76 bits per heavy atom. The first-order valence-corrected chi connectivity index (χ1v) is 7.81. The molecule has 0 aliphatic carbocycles. The molecule has 1 heterocycles. The van der Waals surface area contributed by atoms with Gasteiger partial charge in [0.1, 0.15) is 0 Å². The van der Waals surface area contributed by atoms with Crippen LogP contribution in [0.5, 0.6) is 0 Å². The van der Waals surface area contributed by atoms with Gasteiger partial charge in [-0.2, -0.15) is 11.8 Å². The van der Waals surface area contributed by atoms with Crippen molar-refractivity contribution in [3.05, 3.63) is 0 Å². The van der Waals surface area contributed by atoms with E-state index >= 15 is 0 Å². The third kappa shape index (κ3) is 5.64. The topological polar surface area (TPSA) is 41.6 Å². The number of ether oxygens (including phenoxy) is 1. The molecular formula is C12H24N2O2S. The lowest BCUT2D eigenvalue weighted by atomic mass is 10.1. The van der Waals surface area contributed by atoms with Crippen molar-refractivity contribution in [2.75, 3.05) is 38.2 Å². The van der Waals surface area contributed by atoms with Gasteiger partial charge < -0.3 is 15.0 Å². The molecule has 0 unspecified atom stereocenters. The van der Waals surface area contributed by atoms with Crippen LogP contribution in [0.1, 0.15) is 26.2 Å².